The lowest BCUT2D eigenvalue weighted by Gasteiger charge is -2.09. The Labute approximate surface area is 126 Å². The molecule has 0 unspecified atom stereocenters. The molecule has 1 N–H and O–H groups in total. The van der Waals surface area contributed by atoms with Gasteiger partial charge >= 0.3 is 5.69 Å². The molecule has 5 heteroatoms. The van der Waals surface area contributed by atoms with Gasteiger partial charge in [-0.15, -0.1) is 0 Å². The normalized spacial score (nSPS) is 10.6. The van der Waals surface area contributed by atoms with Crippen LogP contribution in [0.1, 0.15) is 51.5 Å². The number of nitrogens with zero attached hydrogens (tertiary/aromatic N) is 1. The van der Waals surface area contributed by atoms with Crippen LogP contribution in [-0.2, 0) is 6.54 Å². The summed E-state index contributed by atoms with van der Waals surface area (Å²) in [6.07, 6.45) is 5.69. The minimum Gasteiger partial charge on any atom is -0.487 e. The van der Waals surface area contributed by atoms with Crippen LogP contribution < -0.4 is 10.1 Å². The Morgan fingerprint density at radius 2 is 1.95 bits per heavy atom. The van der Waals surface area contributed by atoms with Crippen molar-refractivity contribution in [3.63, 3.8) is 0 Å². The van der Waals surface area contributed by atoms with Crippen LogP contribution in [0.5, 0.6) is 5.75 Å². The highest BCUT2D eigenvalue weighted by Crippen LogP contribution is 2.28. The Morgan fingerprint density at radius 3 is 2.62 bits per heavy atom. The summed E-state index contributed by atoms with van der Waals surface area (Å²) in [5.41, 5.74) is 1.05. The van der Waals surface area contributed by atoms with Crippen molar-refractivity contribution in [2.75, 3.05) is 13.2 Å². The van der Waals surface area contributed by atoms with Crippen LogP contribution >= 0.6 is 0 Å². The van der Waals surface area contributed by atoms with Gasteiger partial charge in [0.1, 0.15) is 0 Å². The Morgan fingerprint density at radius 1 is 1.19 bits per heavy atom. The third-order valence-electron chi connectivity index (χ3n) is 3.31. The molecule has 5 nitrogen and oxygen atoms in total. The van der Waals surface area contributed by atoms with Crippen molar-refractivity contribution in [1.82, 2.24) is 5.32 Å². The van der Waals surface area contributed by atoms with Crippen LogP contribution in [0.2, 0.25) is 0 Å². The average molecular weight is 294 g/mol. The fraction of sp³-hybridized carbons (Fsp3) is 0.625. The van der Waals surface area contributed by atoms with E-state index in [0.717, 1.165) is 24.9 Å². The van der Waals surface area contributed by atoms with Crippen LogP contribution in [-0.4, -0.2) is 18.1 Å². The molecule has 0 radical (unpaired) electrons. The minimum atomic E-state index is -0.385. The van der Waals surface area contributed by atoms with Gasteiger partial charge in [-0.05, 0) is 24.6 Å². The lowest BCUT2D eigenvalue weighted by atomic mass is 10.1. The molecule has 1 aromatic carbocycles. The first-order chi connectivity index (χ1) is 10.2. The predicted octanol–water partition coefficient (Wildman–Crippen LogP) is 4.05. The number of nitrogens with one attached hydrogen (secondary N) is 1. The Bertz CT molecular complexity index is 436. The summed E-state index contributed by atoms with van der Waals surface area (Å²) in [6.45, 7) is 6.30. The molecule has 0 aliphatic heterocycles. The van der Waals surface area contributed by atoms with Gasteiger partial charge in [0.2, 0.25) is 0 Å². The van der Waals surface area contributed by atoms with Crippen molar-refractivity contribution >= 4 is 5.69 Å². The minimum absolute atomic E-state index is 0.0452. The van der Waals surface area contributed by atoms with Gasteiger partial charge in [0.15, 0.2) is 5.75 Å². The second-order valence-electron chi connectivity index (χ2n) is 5.10. The lowest BCUT2D eigenvalue weighted by Crippen LogP contribution is -2.12. The first-order valence-electron chi connectivity index (χ1n) is 7.79. The molecule has 0 aliphatic rings. The molecule has 0 atom stereocenters. The van der Waals surface area contributed by atoms with Gasteiger partial charge in [0.05, 0.1) is 11.5 Å². The molecule has 0 aromatic heterocycles. The number of nitro benzene ring substituents is 1. The van der Waals surface area contributed by atoms with E-state index < -0.39 is 0 Å². The highest BCUT2D eigenvalue weighted by Gasteiger charge is 2.15. The van der Waals surface area contributed by atoms with Crippen LogP contribution in [0.4, 0.5) is 5.69 Å². The molecule has 1 aromatic rings. The third-order valence-corrected chi connectivity index (χ3v) is 3.31. The highest BCUT2D eigenvalue weighted by molar-refractivity contribution is 5.48. The zero-order valence-electron chi connectivity index (χ0n) is 13.1. The van der Waals surface area contributed by atoms with Crippen molar-refractivity contribution < 1.29 is 9.66 Å². The van der Waals surface area contributed by atoms with E-state index in [1.54, 1.807) is 12.1 Å². The van der Waals surface area contributed by atoms with Gasteiger partial charge in [-0.1, -0.05) is 45.6 Å². The number of nitro groups is 1. The monoisotopic (exact) mass is 294 g/mol. The van der Waals surface area contributed by atoms with Gasteiger partial charge in [0, 0.05) is 12.6 Å². The molecule has 118 valence electrons. The average Bonchev–Trinajstić information content (AvgIpc) is 2.48. The first kappa shape index (κ1) is 17.4. The van der Waals surface area contributed by atoms with Crippen LogP contribution in [0.15, 0.2) is 18.2 Å². The van der Waals surface area contributed by atoms with Crippen LogP contribution in [0, 0.1) is 10.1 Å². The lowest BCUT2D eigenvalue weighted by molar-refractivity contribution is -0.385. The number of unbranched alkanes of at least 4 members (excludes halogenated alkanes) is 4. The van der Waals surface area contributed by atoms with E-state index in [0.29, 0.717) is 18.9 Å². The third kappa shape index (κ3) is 6.58. The Kier molecular flexibility index (Phi) is 8.43. The smallest absolute Gasteiger partial charge is 0.310 e. The summed E-state index contributed by atoms with van der Waals surface area (Å²) in [6, 6.07) is 5.07. The van der Waals surface area contributed by atoms with E-state index in [4.69, 9.17) is 4.74 Å². The van der Waals surface area contributed by atoms with Crippen molar-refractivity contribution in [1.29, 1.82) is 0 Å². The van der Waals surface area contributed by atoms with Crippen LogP contribution in [0.25, 0.3) is 0 Å². The molecule has 0 aliphatic carbocycles. The Hall–Kier alpha value is -1.62. The molecule has 21 heavy (non-hydrogen) atoms. The van der Waals surface area contributed by atoms with Crippen molar-refractivity contribution in [2.45, 2.75) is 52.5 Å². The number of hydrogen-bond donors (Lipinski definition) is 1. The number of hydrogen-bond acceptors (Lipinski definition) is 4. The number of ether oxygens (including phenoxy) is 1. The number of benzene rings is 1. The fourth-order valence-electron chi connectivity index (χ4n) is 2.09. The molecular weight excluding hydrogens is 268 g/mol. The van der Waals surface area contributed by atoms with Gasteiger partial charge in [-0.2, -0.15) is 0 Å². The Balaban J connectivity index is 2.57. The molecule has 0 heterocycles. The SMILES string of the molecule is CCCCCCCOc1cc(CNCC)ccc1[N+](=O)[O-]. The molecule has 0 fully saturated rings. The second-order valence-corrected chi connectivity index (χ2v) is 5.10. The summed E-state index contributed by atoms with van der Waals surface area (Å²) in [5, 5.41) is 14.2. The summed E-state index contributed by atoms with van der Waals surface area (Å²) in [7, 11) is 0. The summed E-state index contributed by atoms with van der Waals surface area (Å²) in [4.78, 5) is 10.6. The largest absolute Gasteiger partial charge is 0.487 e. The fourth-order valence-corrected chi connectivity index (χ4v) is 2.09. The molecule has 0 saturated heterocycles. The van der Waals surface area contributed by atoms with E-state index in [1.807, 2.05) is 6.92 Å². The first-order valence-corrected chi connectivity index (χ1v) is 7.79. The predicted molar refractivity (Wildman–Crippen MR) is 84.7 cm³/mol. The maximum absolute atomic E-state index is 11.0. The van der Waals surface area contributed by atoms with Gasteiger partial charge in [0.25, 0.3) is 0 Å². The van der Waals surface area contributed by atoms with E-state index in [2.05, 4.69) is 12.2 Å². The quantitative estimate of drug-likeness (QED) is 0.380. The molecule has 0 spiro atoms. The van der Waals surface area contributed by atoms with Crippen molar-refractivity contribution in [3.8, 4) is 5.75 Å². The molecule has 1 rings (SSSR count). The van der Waals surface area contributed by atoms with E-state index in [9.17, 15) is 10.1 Å². The van der Waals surface area contributed by atoms with E-state index >= 15 is 0 Å². The van der Waals surface area contributed by atoms with Crippen molar-refractivity contribution in [2.24, 2.45) is 0 Å². The maximum atomic E-state index is 11.0. The van der Waals surface area contributed by atoms with Gasteiger partial charge in [-0.25, -0.2) is 0 Å². The summed E-state index contributed by atoms with van der Waals surface area (Å²) >= 11 is 0. The standard InChI is InChI=1S/C16H26N2O3/c1-3-5-6-7-8-11-21-16-12-14(13-17-4-2)9-10-15(16)18(19)20/h9-10,12,17H,3-8,11,13H2,1-2H3. The summed E-state index contributed by atoms with van der Waals surface area (Å²) < 4.78 is 5.63. The van der Waals surface area contributed by atoms with Crippen molar-refractivity contribution in [3.05, 3.63) is 33.9 Å². The van der Waals surface area contributed by atoms with E-state index in [-0.39, 0.29) is 10.6 Å². The second kappa shape index (κ2) is 10.2. The zero-order valence-corrected chi connectivity index (χ0v) is 13.1. The van der Waals surface area contributed by atoms with E-state index in [1.165, 1.54) is 25.3 Å². The number of rotatable bonds is 11. The maximum Gasteiger partial charge on any atom is 0.310 e. The van der Waals surface area contributed by atoms with Gasteiger partial charge in [-0.3, -0.25) is 10.1 Å². The molecule has 0 amide bonds. The highest BCUT2D eigenvalue weighted by atomic mass is 16.6. The zero-order chi connectivity index (χ0) is 15.5. The topological polar surface area (TPSA) is 64.4 Å². The molecule has 0 bridgehead atoms. The molecular formula is C16H26N2O3. The van der Waals surface area contributed by atoms with Gasteiger partial charge < -0.3 is 10.1 Å². The summed E-state index contributed by atoms with van der Waals surface area (Å²) in [5.74, 6) is 0.380. The van der Waals surface area contributed by atoms with Crippen LogP contribution in [0.3, 0.4) is 0 Å². The molecule has 0 saturated carbocycles.